The number of pyridine rings is 1. The Kier molecular flexibility index (Phi) is 22.2. The second kappa shape index (κ2) is 30.3. The van der Waals surface area contributed by atoms with Gasteiger partial charge in [0, 0.05) is 94.4 Å². The monoisotopic (exact) mass is 1210 g/mol. The number of β-amino-alcohol motifs (C(OH)–C–C–N with tert-alkyl or cyclic N) is 1. The van der Waals surface area contributed by atoms with E-state index in [-0.39, 0.29) is 42.8 Å². The zero-order valence-corrected chi connectivity index (χ0v) is 52.2. The van der Waals surface area contributed by atoms with E-state index in [1.807, 2.05) is 86.2 Å². The molecule has 5 amide bonds. The summed E-state index contributed by atoms with van der Waals surface area (Å²) in [7, 11) is 0. The van der Waals surface area contributed by atoms with Crippen molar-refractivity contribution in [2.24, 2.45) is 11.8 Å². The maximum Gasteiger partial charge on any atom is 0.270 e. The van der Waals surface area contributed by atoms with Gasteiger partial charge in [-0.05, 0) is 111 Å². The van der Waals surface area contributed by atoms with Crippen LogP contribution in [0.3, 0.4) is 0 Å². The number of benzene rings is 3. The van der Waals surface area contributed by atoms with Crippen LogP contribution in [0, 0.1) is 25.7 Å². The molecule has 0 radical (unpaired) electrons. The minimum atomic E-state index is -0.491. The molecule has 456 valence electrons. The molecule has 4 aliphatic rings. The van der Waals surface area contributed by atoms with Gasteiger partial charge in [-0.15, -0.1) is 11.3 Å². The molecule has 7 aromatic rings. The van der Waals surface area contributed by atoms with Gasteiger partial charge in [-0.25, -0.2) is 15.0 Å². The number of aliphatic hydroxyl groups is 1. The van der Waals surface area contributed by atoms with Gasteiger partial charge in [0.2, 0.25) is 18.2 Å². The minimum absolute atomic E-state index is 0.0455. The second-order valence-electron chi connectivity index (χ2n) is 23.5. The van der Waals surface area contributed by atoms with Crippen LogP contribution in [0.15, 0.2) is 90.6 Å². The van der Waals surface area contributed by atoms with E-state index in [4.69, 9.17) is 10.1 Å². The highest BCUT2D eigenvalue weighted by molar-refractivity contribution is 7.22. The first-order chi connectivity index (χ1) is 41.6. The van der Waals surface area contributed by atoms with Crippen molar-refractivity contribution in [3.05, 3.63) is 130 Å². The van der Waals surface area contributed by atoms with Crippen LogP contribution in [0.4, 0.5) is 10.9 Å². The van der Waals surface area contributed by atoms with Gasteiger partial charge in [-0.3, -0.25) is 43.8 Å². The highest BCUT2D eigenvalue weighted by Crippen LogP contribution is 2.34. The van der Waals surface area contributed by atoms with Crippen molar-refractivity contribution in [1.29, 1.82) is 0 Å². The third-order valence-electron chi connectivity index (χ3n) is 16.2. The van der Waals surface area contributed by atoms with Gasteiger partial charge in [0.15, 0.2) is 5.13 Å². The van der Waals surface area contributed by atoms with Gasteiger partial charge in [0.1, 0.15) is 11.5 Å². The van der Waals surface area contributed by atoms with Crippen molar-refractivity contribution in [3.8, 4) is 21.6 Å². The summed E-state index contributed by atoms with van der Waals surface area (Å²) in [6, 6.07) is 25.9. The smallest absolute Gasteiger partial charge is 0.270 e. The fourth-order valence-electron chi connectivity index (χ4n) is 11.4. The van der Waals surface area contributed by atoms with Crippen molar-refractivity contribution >= 4 is 73.9 Å². The molecule has 1 unspecified atom stereocenters. The number of nitrogens with zero attached hydrogens (tertiary/aromatic N) is 9. The number of likely N-dealkylation sites (tertiary alicyclic amines) is 1. The van der Waals surface area contributed by atoms with Crippen molar-refractivity contribution in [2.75, 3.05) is 82.2 Å². The molecule has 5 N–H and O–H groups in total. The Morgan fingerprint density at radius 3 is 2.27 bits per heavy atom. The summed E-state index contributed by atoms with van der Waals surface area (Å²) in [6.07, 6.45) is 9.62. The summed E-state index contributed by atoms with van der Waals surface area (Å²) in [5.41, 5.74) is 11.7. The molecule has 4 aromatic heterocycles. The predicted octanol–water partition coefficient (Wildman–Crippen LogP) is 8.90. The number of aliphatic hydroxyl groups excluding tert-OH is 1. The first-order valence-electron chi connectivity index (χ1n) is 30.3. The first-order valence-corrected chi connectivity index (χ1v) is 32.0. The minimum Gasteiger partial charge on any atom is -0.391 e. The lowest BCUT2D eigenvalue weighted by Crippen LogP contribution is -2.51. The van der Waals surface area contributed by atoms with Crippen molar-refractivity contribution in [1.82, 2.24) is 55.4 Å². The maximum atomic E-state index is 14.3. The average molecular weight is 1210 g/mol. The Morgan fingerprint density at radius 1 is 0.802 bits per heavy atom. The molecule has 19 nitrogen and oxygen atoms in total. The molecule has 11 rings (SSSR count). The largest absolute Gasteiger partial charge is 0.391 e. The number of hydrogen-bond acceptors (Lipinski definition) is 15. The molecule has 21 heteroatoms. The highest BCUT2D eigenvalue weighted by atomic mass is 32.1. The van der Waals surface area contributed by atoms with Gasteiger partial charge in [0.25, 0.3) is 11.8 Å². The van der Waals surface area contributed by atoms with Crippen LogP contribution in [0.1, 0.15) is 121 Å². The molecule has 0 bridgehead atoms. The quantitative estimate of drug-likeness (QED) is 0.0507. The number of thiazole rings is 2. The Bertz CT molecular complexity index is 3380. The fourth-order valence-corrected chi connectivity index (χ4v) is 13.1. The summed E-state index contributed by atoms with van der Waals surface area (Å²) < 4.78 is 3.10. The number of amides is 5. The molecule has 3 aliphatic heterocycles. The Morgan fingerprint density at radius 2 is 1.56 bits per heavy atom. The number of piperazine rings is 1. The molecule has 0 spiro atoms. The average Bonchev–Trinajstić information content (AvgIpc) is 1.75. The van der Waals surface area contributed by atoms with Crippen LogP contribution in [0.25, 0.3) is 31.8 Å². The van der Waals surface area contributed by atoms with Crippen LogP contribution in [-0.4, -0.2) is 153 Å². The lowest BCUT2D eigenvalue weighted by Gasteiger charge is -2.34. The van der Waals surface area contributed by atoms with Crippen molar-refractivity contribution in [2.45, 2.75) is 112 Å². The van der Waals surface area contributed by atoms with E-state index in [0.717, 1.165) is 87.8 Å². The van der Waals surface area contributed by atoms with Crippen molar-refractivity contribution in [3.63, 3.8) is 0 Å². The summed E-state index contributed by atoms with van der Waals surface area (Å²) in [5.74, 6) is 1.26. The summed E-state index contributed by atoms with van der Waals surface area (Å²) in [5, 5.41) is 26.8. The molecule has 1 saturated carbocycles. The van der Waals surface area contributed by atoms with E-state index in [1.165, 1.54) is 53.9 Å². The van der Waals surface area contributed by atoms with E-state index in [0.29, 0.717) is 86.9 Å². The molecule has 2 atom stereocenters. The van der Waals surface area contributed by atoms with E-state index in [2.05, 4.69) is 96.5 Å². The Balaban J connectivity index is 0.000000355. The number of rotatable bonds is 18. The molecule has 2 saturated heterocycles. The first kappa shape index (κ1) is 63.1. The number of hydrogen-bond donors (Lipinski definition) is 5. The van der Waals surface area contributed by atoms with Gasteiger partial charge < -0.3 is 30.9 Å². The van der Waals surface area contributed by atoms with Crippen LogP contribution < -0.4 is 26.2 Å². The highest BCUT2D eigenvalue weighted by Gasteiger charge is 2.29. The van der Waals surface area contributed by atoms with E-state index in [9.17, 15) is 29.1 Å². The van der Waals surface area contributed by atoms with Gasteiger partial charge >= 0.3 is 0 Å². The van der Waals surface area contributed by atoms with E-state index in [1.54, 1.807) is 16.2 Å². The standard InChI is InChI=1S/C48H59N11O5S.C13H14N2OS.C4H10/c1-32-38(26-51-59(32)28-33-8-3-2-4-9-33)36-14-15-42(57-19-16-34-10-7-11-37(39(34)30-57)46(63)54-48-52-40-12-5-6-13-41(40)65-48)53-45(36)47(64)49-18-21-55-22-24-56(25-23-55)31-43(61)50-27-44(62)58-20-17-35(60)29-58;1-9(14-7-16)11-3-5-12(6-4-11)13-10(2)15-8-17-13;1-4(2)3/h5-7,10-15,26,33,35,60H,2-4,8-9,16-25,27-31H2,1H3,(H,49,64)(H,50,61)(H,52,54,63);3-9H,1-2H3,(H,14,16);4H,1-3H3/t;9-;/m.0./s1. The molecule has 7 heterocycles. The third kappa shape index (κ3) is 16.8. The van der Waals surface area contributed by atoms with Gasteiger partial charge in [0.05, 0.1) is 57.7 Å². The Labute approximate surface area is 513 Å². The lowest BCUT2D eigenvalue weighted by molar-refractivity contribution is -0.132. The number of aryl methyl sites for hydroxylation is 1. The normalized spacial score (nSPS) is 16.8. The number of anilines is 2. The molecule has 1 aliphatic carbocycles. The lowest BCUT2D eigenvalue weighted by atomic mass is 9.89. The van der Waals surface area contributed by atoms with E-state index < -0.39 is 6.10 Å². The number of carbonyl (C=O) groups excluding carboxylic acids is 5. The van der Waals surface area contributed by atoms with Crippen LogP contribution in [-0.2, 0) is 33.9 Å². The topological polar surface area (TPSA) is 223 Å². The van der Waals surface area contributed by atoms with Crippen LogP contribution in [0.5, 0.6) is 0 Å². The van der Waals surface area contributed by atoms with Gasteiger partial charge in [-0.1, -0.05) is 99.9 Å². The van der Waals surface area contributed by atoms with Crippen molar-refractivity contribution < 1.29 is 29.1 Å². The summed E-state index contributed by atoms with van der Waals surface area (Å²) in [6.45, 7) is 19.4. The predicted molar refractivity (Wildman–Crippen MR) is 341 cm³/mol. The third-order valence-corrected chi connectivity index (χ3v) is 18.2. The molecule has 3 aromatic carbocycles. The molecular formula is C65H83N13O6S2. The number of nitrogens with one attached hydrogen (secondary N) is 4. The number of para-hydroxylation sites is 1. The van der Waals surface area contributed by atoms with Crippen LogP contribution >= 0.6 is 22.7 Å². The van der Waals surface area contributed by atoms with Gasteiger partial charge in [-0.2, -0.15) is 5.10 Å². The second-order valence-corrected chi connectivity index (χ2v) is 25.4. The molecular weight excluding hydrogens is 1120 g/mol. The fraction of sp³-hybridized carbons (Fsp3) is 0.462. The summed E-state index contributed by atoms with van der Waals surface area (Å²) in [4.78, 5) is 86.8. The number of carbonyl (C=O) groups is 5. The zero-order valence-electron chi connectivity index (χ0n) is 50.5. The maximum absolute atomic E-state index is 14.3. The SMILES string of the molecule is CC(C)C.Cc1c(-c2ccc(N3CCc4cccc(C(=O)Nc5nc6ccccc6s5)c4C3)nc2C(=O)NCCN2CCN(CC(=O)NCC(=O)N3CCC(O)C3)CC2)cnn1CC1CCCCC1.Cc1ncsc1-c1ccc([C@H](C)NC=O)cc1. The van der Waals surface area contributed by atoms with Crippen LogP contribution in [0.2, 0.25) is 0 Å². The molecule has 86 heavy (non-hydrogen) atoms. The number of aromatic nitrogens is 5. The Hall–Kier alpha value is -7.43. The zero-order chi connectivity index (χ0) is 60.7. The summed E-state index contributed by atoms with van der Waals surface area (Å²) >= 11 is 3.09. The van der Waals surface area contributed by atoms with E-state index >= 15 is 0 Å². The number of fused-ring (bicyclic) bond motifs is 2. The molecule has 3 fully saturated rings.